The zero-order valence-corrected chi connectivity index (χ0v) is 15.5. The first-order chi connectivity index (χ1) is 10.9. The predicted molar refractivity (Wildman–Crippen MR) is 88.8 cm³/mol. The minimum Gasteiger partial charge on any atom is -0.290 e. The summed E-state index contributed by atoms with van der Waals surface area (Å²) < 4.78 is 53.4. The first kappa shape index (κ1) is 20.0. The van der Waals surface area contributed by atoms with E-state index < -0.39 is 24.9 Å². The molecule has 2 unspecified atom stereocenters. The number of hydrogen-bond acceptors (Lipinski definition) is 2. The fourth-order valence-electron chi connectivity index (χ4n) is 4.74. The van der Waals surface area contributed by atoms with Crippen LogP contribution in [0.1, 0.15) is 60.3 Å². The predicted octanol–water partition coefficient (Wildman–Crippen LogP) is 4.64. The molecule has 0 N–H and O–H groups in total. The zero-order chi connectivity index (χ0) is 18.3. The van der Waals surface area contributed by atoms with E-state index in [4.69, 9.17) is 0 Å². The smallest absolute Gasteiger partial charge is 0.253 e. The van der Waals surface area contributed by atoms with Gasteiger partial charge in [0.05, 0.1) is 12.1 Å². The Morgan fingerprint density at radius 3 is 1.96 bits per heavy atom. The normalized spacial score (nSPS) is 30.9. The van der Waals surface area contributed by atoms with E-state index in [1.807, 2.05) is 44.4 Å². The summed E-state index contributed by atoms with van der Waals surface area (Å²) in [6, 6.07) is -1.42. The van der Waals surface area contributed by atoms with Crippen molar-refractivity contribution in [1.82, 2.24) is 9.80 Å². The molecule has 6 heteroatoms. The summed E-state index contributed by atoms with van der Waals surface area (Å²) >= 11 is 0. The van der Waals surface area contributed by atoms with Crippen molar-refractivity contribution in [3.63, 3.8) is 0 Å². The minimum atomic E-state index is -2.36. The second-order valence-corrected chi connectivity index (χ2v) is 9.08. The van der Waals surface area contributed by atoms with Crippen molar-refractivity contribution in [1.29, 1.82) is 0 Å². The molecule has 0 bridgehead atoms. The van der Waals surface area contributed by atoms with Crippen LogP contribution in [0.15, 0.2) is 0 Å². The number of likely N-dealkylation sites (tertiary alicyclic amines) is 2. The van der Waals surface area contributed by atoms with Crippen LogP contribution >= 0.6 is 0 Å². The molecule has 0 radical (unpaired) electrons. The number of halogens is 4. The van der Waals surface area contributed by atoms with E-state index in [9.17, 15) is 17.6 Å². The summed E-state index contributed by atoms with van der Waals surface area (Å²) in [5, 5.41) is 0. The van der Waals surface area contributed by atoms with E-state index in [1.165, 1.54) is 0 Å². The lowest BCUT2D eigenvalue weighted by Gasteiger charge is -2.41. The summed E-state index contributed by atoms with van der Waals surface area (Å²) in [4.78, 5) is 3.81. The van der Waals surface area contributed by atoms with Crippen molar-refractivity contribution in [3.8, 4) is 0 Å². The van der Waals surface area contributed by atoms with E-state index in [0.29, 0.717) is 32.4 Å². The van der Waals surface area contributed by atoms with E-state index >= 15 is 0 Å². The molecule has 0 amide bonds. The number of rotatable bonds is 5. The number of alkyl halides is 4. The van der Waals surface area contributed by atoms with Crippen molar-refractivity contribution in [2.45, 2.75) is 96.3 Å². The Labute approximate surface area is 143 Å². The van der Waals surface area contributed by atoms with Crippen molar-refractivity contribution < 1.29 is 17.6 Å². The summed E-state index contributed by atoms with van der Waals surface area (Å²) in [6.45, 7) is 11.2. The molecule has 2 aliphatic rings. The molecule has 0 saturated carbocycles. The van der Waals surface area contributed by atoms with Gasteiger partial charge in [0.1, 0.15) is 0 Å². The van der Waals surface area contributed by atoms with Gasteiger partial charge in [-0.1, -0.05) is 0 Å². The van der Waals surface area contributed by atoms with Gasteiger partial charge < -0.3 is 0 Å². The molecule has 0 aliphatic carbocycles. The maximum Gasteiger partial charge on any atom is 0.253 e. The van der Waals surface area contributed by atoms with Crippen LogP contribution in [0.25, 0.3) is 0 Å². The van der Waals surface area contributed by atoms with Gasteiger partial charge in [-0.2, -0.15) is 0 Å². The fraction of sp³-hybridized carbons (Fsp3) is 1.00. The molecule has 24 heavy (non-hydrogen) atoms. The van der Waals surface area contributed by atoms with Gasteiger partial charge in [-0.05, 0) is 72.8 Å². The highest BCUT2D eigenvalue weighted by molar-refractivity contribution is 4.99. The summed E-state index contributed by atoms with van der Waals surface area (Å²) in [7, 11) is 0. The van der Waals surface area contributed by atoms with Crippen molar-refractivity contribution in [3.05, 3.63) is 0 Å². The Morgan fingerprint density at radius 2 is 1.50 bits per heavy atom. The molecule has 2 fully saturated rings. The van der Waals surface area contributed by atoms with Gasteiger partial charge in [0.25, 0.3) is 12.9 Å². The van der Waals surface area contributed by atoms with E-state index in [0.717, 1.165) is 6.42 Å². The molecule has 2 heterocycles. The number of nitrogens with zero attached hydrogens (tertiary/aromatic N) is 2. The second kappa shape index (κ2) is 7.10. The van der Waals surface area contributed by atoms with Crippen LogP contribution < -0.4 is 0 Å². The fourth-order valence-corrected chi connectivity index (χ4v) is 4.74. The van der Waals surface area contributed by atoms with Crippen LogP contribution in [-0.4, -0.2) is 58.9 Å². The first-order valence-corrected chi connectivity index (χ1v) is 9.03. The van der Waals surface area contributed by atoms with E-state index in [-0.39, 0.29) is 17.0 Å². The number of hydrogen-bond donors (Lipinski definition) is 0. The van der Waals surface area contributed by atoms with Crippen LogP contribution in [0.3, 0.4) is 0 Å². The van der Waals surface area contributed by atoms with Gasteiger partial charge in [0, 0.05) is 17.6 Å². The van der Waals surface area contributed by atoms with Gasteiger partial charge in [0.2, 0.25) is 0 Å². The average Bonchev–Trinajstić information content (AvgIpc) is 3.02. The lowest BCUT2D eigenvalue weighted by molar-refractivity contribution is -0.00877. The molecule has 2 nitrogen and oxygen atoms in total. The molecule has 2 saturated heterocycles. The Balaban J connectivity index is 2.07. The topological polar surface area (TPSA) is 6.48 Å². The van der Waals surface area contributed by atoms with Crippen LogP contribution in [0, 0.1) is 5.92 Å². The Hall–Kier alpha value is -0.360. The van der Waals surface area contributed by atoms with Crippen molar-refractivity contribution >= 4 is 0 Å². The van der Waals surface area contributed by atoms with Crippen LogP contribution in [0.4, 0.5) is 17.6 Å². The third kappa shape index (κ3) is 4.24. The van der Waals surface area contributed by atoms with E-state index in [1.54, 1.807) is 0 Å². The molecule has 0 spiro atoms. The van der Waals surface area contributed by atoms with Gasteiger partial charge in [0.15, 0.2) is 0 Å². The van der Waals surface area contributed by atoms with E-state index in [2.05, 4.69) is 0 Å². The third-order valence-corrected chi connectivity index (χ3v) is 5.74. The van der Waals surface area contributed by atoms with Gasteiger partial charge >= 0.3 is 0 Å². The zero-order valence-electron chi connectivity index (χ0n) is 15.5. The highest BCUT2D eigenvalue weighted by atomic mass is 19.3. The molecular weight excluding hydrogens is 320 g/mol. The molecule has 0 aromatic rings. The molecule has 0 aromatic heterocycles. The summed E-state index contributed by atoms with van der Waals surface area (Å²) in [5.41, 5.74) is -0.692. The standard InChI is InChI=1S/C18H32F4N2/c1-17(2,3)24-11-12(9-14(24)16(21)22)10-18(4,5)23-8-6-7-13(23)15(19)20/h12-16H,6-11H2,1-5H3/t12?,13-,14?/m1/s1. The highest BCUT2D eigenvalue weighted by Gasteiger charge is 2.46. The van der Waals surface area contributed by atoms with Gasteiger partial charge in [-0.3, -0.25) is 9.80 Å². The first-order valence-electron chi connectivity index (χ1n) is 9.03. The summed E-state index contributed by atoms with van der Waals surface area (Å²) in [5.74, 6) is 0.122. The molecular formula is C18H32F4N2. The van der Waals surface area contributed by atoms with Crippen LogP contribution in [-0.2, 0) is 0 Å². The Morgan fingerprint density at radius 1 is 0.917 bits per heavy atom. The van der Waals surface area contributed by atoms with Crippen LogP contribution in [0.5, 0.6) is 0 Å². The molecule has 2 aliphatic heterocycles. The quantitative estimate of drug-likeness (QED) is 0.665. The summed E-state index contributed by atoms with van der Waals surface area (Å²) in [6.07, 6.45) is -2.25. The van der Waals surface area contributed by atoms with Crippen molar-refractivity contribution in [2.24, 2.45) is 5.92 Å². The monoisotopic (exact) mass is 352 g/mol. The van der Waals surface area contributed by atoms with Crippen molar-refractivity contribution in [2.75, 3.05) is 13.1 Å². The Bertz CT molecular complexity index is 420. The minimum absolute atomic E-state index is 0.122. The lowest BCUT2D eigenvalue weighted by Crippen LogP contribution is -2.50. The van der Waals surface area contributed by atoms with Gasteiger partial charge in [-0.15, -0.1) is 0 Å². The molecule has 3 atom stereocenters. The second-order valence-electron chi connectivity index (χ2n) is 9.08. The maximum atomic E-state index is 13.4. The third-order valence-electron chi connectivity index (χ3n) is 5.74. The SMILES string of the molecule is CC(C)(C)N1CC(CC(C)(C)N2CCC[C@@H]2C(F)F)CC1C(F)F. The molecule has 0 aromatic carbocycles. The molecule has 2 rings (SSSR count). The van der Waals surface area contributed by atoms with Crippen LogP contribution in [0.2, 0.25) is 0 Å². The largest absolute Gasteiger partial charge is 0.290 e. The Kier molecular flexibility index (Phi) is 5.91. The lowest BCUT2D eigenvalue weighted by atomic mass is 9.87. The maximum absolute atomic E-state index is 13.4. The van der Waals surface area contributed by atoms with Gasteiger partial charge in [-0.25, -0.2) is 17.6 Å². The highest BCUT2D eigenvalue weighted by Crippen LogP contribution is 2.40. The molecule has 142 valence electrons. The average molecular weight is 352 g/mol.